The molecule has 2 N–H and O–H groups in total. The third-order valence-electron chi connectivity index (χ3n) is 2.11. The van der Waals surface area contributed by atoms with E-state index in [1.54, 1.807) is 7.11 Å². The zero-order chi connectivity index (χ0) is 9.42. The number of nitrogens with two attached hydrogens (primary N) is 1. The number of methoxy groups -OCH3 is 1. The molecule has 0 saturated carbocycles. The second kappa shape index (κ2) is 3.34. The predicted molar refractivity (Wildman–Crippen MR) is 58.1 cm³/mol. The van der Waals surface area contributed by atoms with Crippen molar-refractivity contribution in [3.8, 4) is 11.5 Å². The van der Waals surface area contributed by atoms with Crippen LogP contribution in [0.25, 0.3) is 0 Å². The number of ether oxygens (including phenoxy) is 2. The van der Waals surface area contributed by atoms with E-state index in [1.165, 1.54) is 0 Å². The van der Waals surface area contributed by atoms with Crippen molar-refractivity contribution in [1.82, 2.24) is 0 Å². The molecule has 0 spiro atoms. The number of fused-ring (bicyclic) bond motifs is 1. The largest absolute Gasteiger partial charge is 0.492 e. The summed E-state index contributed by atoms with van der Waals surface area (Å²) in [6.45, 7) is 0.547. The molecule has 1 heterocycles. The highest BCUT2D eigenvalue weighted by Crippen LogP contribution is 2.41. The Morgan fingerprint density at radius 3 is 3.08 bits per heavy atom. The molecule has 70 valence electrons. The molecular formula is C9H10INO2. The van der Waals surface area contributed by atoms with Gasteiger partial charge in [-0.05, 0) is 28.7 Å². The summed E-state index contributed by atoms with van der Waals surface area (Å²) >= 11 is 2.22. The molecule has 0 fully saturated rings. The normalized spacial score (nSPS) is 19.5. The number of hydrogen-bond donors (Lipinski definition) is 1. The SMILES string of the molecule is COc1c(I)ccc2c1OC[C@H]2N. The van der Waals surface area contributed by atoms with Gasteiger partial charge in [-0.3, -0.25) is 0 Å². The van der Waals surface area contributed by atoms with Crippen LogP contribution in [-0.2, 0) is 0 Å². The van der Waals surface area contributed by atoms with E-state index in [9.17, 15) is 0 Å². The molecule has 1 aromatic rings. The lowest BCUT2D eigenvalue weighted by atomic mass is 10.1. The van der Waals surface area contributed by atoms with Crippen molar-refractivity contribution < 1.29 is 9.47 Å². The monoisotopic (exact) mass is 291 g/mol. The van der Waals surface area contributed by atoms with E-state index in [-0.39, 0.29) is 6.04 Å². The summed E-state index contributed by atoms with van der Waals surface area (Å²) in [4.78, 5) is 0. The van der Waals surface area contributed by atoms with Gasteiger partial charge >= 0.3 is 0 Å². The van der Waals surface area contributed by atoms with Crippen molar-refractivity contribution in [3.63, 3.8) is 0 Å². The molecule has 13 heavy (non-hydrogen) atoms. The van der Waals surface area contributed by atoms with Crippen LogP contribution >= 0.6 is 22.6 Å². The van der Waals surface area contributed by atoms with Crippen LogP contribution in [0.15, 0.2) is 12.1 Å². The molecule has 0 bridgehead atoms. The Hall–Kier alpha value is -0.490. The van der Waals surface area contributed by atoms with Gasteiger partial charge in [0, 0.05) is 5.56 Å². The third-order valence-corrected chi connectivity index (χ3v) is 2.95. The van der Waals surface area contributed by atoms with Crippen molar-refractivity contribution >= 4 is 22.6 Å². The first kappa shape index (κ1) is 9.08. The molecule has 4 heteroatoms. The second-order valence-corrected chi connectivity index (χ2v) is 4.08. The molecule has 1 aromatic carbocycles. The van der Waals surface area contributed by atoms with Gasteiger partial charge in [-0.2, -0.15) is 0 Å². The van der Waals surface area contributed by atoms with Gasteiger partial charge in [0.1, 0.15) is 6.61 Å². The Balaban J connectivity index is 2.57. The molecule has 0 aliphatic carbocycles. The molecule has 1 aliphatic heterocycles. The fraction of sp³-hybridized carbons (Fsp3) is 0.333. The van der Waals surface area contributed by atoms with Gasteiger partial charge in [-0.25, -0.2) is 0 Å². The van der Waals surface area contributed by atoms with Crippen molar-refractivity contribution in [2.24, 2.45) is 5.73 Å². The highest BCUT2D eigenvalue weighted by Gasteiger charge is 2.25. The van der Waals surface area contributed by atoms with Gasteiger partial charge in [-0.1, -0.05) is 6.07 Å². The molecule has 0 amide bonds. The summed E-state index contributed by atoms with van der Waals surface area (Å²) in [7, 11) is 1.64. The highest BCUT2D eigenvalue weighted by atomic mass is 127. The Morgan fingerprint density at radius 1 is 1.62 bits per heavy atom. The van der Waals surface area contributed by atoms with Crippen LogP contribution in [0.1, 0.15) is 11.6 Å². The summed E-state index contributed by atoms with van der Waals surface area (Å²) in [5.74, 6) is 1.60. The fourth-order valence-corrected chi connectivity index (χ4v) is 2.09. The lowest BCUT2D eigenvalue weighted by Gasteiger charge is -2.08. The molecule has 1 atom stereocenters. The Kier molecular flexibility index (Phi) is 2.33. The van der Waals surface area contributed by atoms with Crippen molar-refractivity contribution in [2.75, 3.05) is 13.7 Å². The van der Waals surface area contributed by atoms with E-state index in [2.05, 4.69) is 22.6 Å². The number of hydrogen-bond acceptors (Lipinski definition) is 3. The maximum absolute atomic E-state index is 5.84. The smallest absolute Gasteiger partial charge is 0.174 e. The van der Waals surface area contributed by atoms with E-state index >= 15 is 0 Å². The molecule has 0 saturated heterocycles. The molecule has 0 aromatic heterocycles. The van der Waals surface area contributed by atoms with Gasteiger partial charge in [0.2, 0.25) is 0 Å². The maximum Gasteiger partial charge on any atom is 0.174 e. The van der Waals surface area contributed by atoms with Gasteiger partial charge in [0.25, 0.3) is 0 Å². The topological polar surface area (TPSA) is 44.5 Å². The molecule has 3 nitrogen and oxygen atoms in total. The van der Waals surface area contributed by atoms with Crippen molar-refractivity contribution in [3.05, 3.63) is 21.3 Å². The summed E-state index contributed by atoms with van der Waals surface area (Å²) < 4.78 is 11.8. The predicted octanol–water partition coefficient (Wildman–Crippen LogP) is 1.69. The van der Waals surface area contributed by atoms with E-state index in [0.717, 1.165) is 20.6 Å². The van der Waals surface area contributed by atoms with Gasteiger partial charge in [0.15, 0.2) is 11.5 Å². The molecule has 2 rings (SSSR count). The quantitative estimate of drug-likeness (QED) is 0.801. The van der Waals surface area contributed by atoms with Crippen LogP contribution in [0.4, 0.5) is 0 Å². The van der Waals surface area contributed by atoms with E-state index in [0.29, 0.717) is 6.61 Å². The zero-order valence-corrected chi connectivity index (χ0v) is 9.37. The summed E-state index contributed by atoms with van der Waals surface area (Å²) in [5.41, 5.74) is 6.88. The van der Waals surface area contributed by atoms with Crippen LogP contribution in [0.5, 0.6) is 11.5 Å². The fourth-order valence-electron chi connectivity index (χ4n) is 1.45. The minimum absolute atomic E-state index is 0.0131. The Labute approximate surface area is 90.3 Å². The molecular weight excluding hydrogens is 281 g/mol. The van der Waals surface area contributed by atoms with Crippen LogP contribution < -0.4 is 15.2 Å². The number of rotatable bonds is 1. The minimum Gasteiger partial charge on any atom is -0.492 e. The van der Waals surface area contributed by atoms with Crippen LogP contribution in [0, 0.1) is 3.57 Å². The molecule has 0 unspecified atom stereocenters. The summed E-state index contributed by atoms with van der Waals surface area (Å²) in [6, 6.07) is 3.98. The van der Waals surface area contributed by atoms with E-state index in [1.807, 2.05) is 12.1 Å². The van der Waals surface area contributed by atoms with Crippen molar-refractivity contribution in [2.45, 2.75) is 6.04 Å². The maximum atomic E-state index is 5.84. The average Bonchev–Trinajstić information content (AvgIpc) is 2.48. The average molecular weight is 291 g/mol. The zero-order valence-electron chi connectivity index (χ0n) is 7.21. The van der Waals surface area contributed by atoms with E-state index in [4.69, 9.17) is 15.2 Å². The first-order chi connectivity index (χ1) is 6.24. The van der Waals surface area contributed by atoms with Crippen LogP contribution in [-0.4, -0.2) is 13.7 Å². The first-order valence-corrected chi connectivity index (χ1v) is 5.06. The highest BCUT2D eigenvalue weighted by molar-refractivity contribution is 14.1. The van der Waals surface area contributed by atoms with Gasteiger partial charge in [0.05, 0.1) is 16.7 Å². The summed E-state index contributed by atoms with van der Waals surface area (Å²) in [5, 5.41) is 0. The van der Waals surface area contributed by atoms with Gasteiger partial charge in [-0.15, -0.1) is 0 Å². The van der Waals surface area contributed by atoms with Gasteiger partial charge < -0.3 is 15.2 Å². The first-order valence-electron chi connectivity index (χ1n) is 3.99. The Bertz CT molecular complexity index is 341. The van der Waals surface area contributed by atoms with Crippen LogP contribution in [0.2, 0.25) is 0 Å². The lowest BCUT2D eigenvalue weighted by Crippen LogP contribution is -2.10. The molecule has 1 aliphatic rings. The van der Waals surface area contributed by atoms with E-state index < -0.39 is 0 Å². The van der Waals surface area contributed by atoms with Crippen molar-refractivity contribution in [1.29, 1.82) is 0 Å². The minimum atomic E-state index is -0.0131. The van der Waals surface area contributed by atoms with Crippen LogP contribution in [0.3, 0.4) is 0 Å². The number of halogens is 1. The lowest BCUT2D eigenvalue weighted by molar-refractivity contribution is 0.310. The number of benzene rings is 1. The Morgan fingerprint density at radius 2 is 2.38 bits per heavy atom. The molecule has 0 radical (unpaired) electrons. The third kappa shape index (κ3) is 1.38. The summed E-state index contributed by atoms with van der Waals surface area (Å²) in [6.07, 6.45) is 0. The second-order valence-electron chi connectivity index (χ2n) is 2.92. The standard InChI is InChI=1S/C9H10INO2/c1-12-9-6(10)3-2-5-7(11)4-13-8(5)9/h2-3,7H,4,11H2,1H3/t7-/m1/s1.